The van der Waals surface area contributed by atoms with E-state index in [1.807, 2.05) is 24.3 Å². The van der Waals surface area contributed by atoms with Crippen LogP contribution >= 0.6 is 12.2 Å². The van der Waals surface area contributed by atoms with Crippen molar-refractivity contribution in [2.75, 3.05) is 26.3 Å². The number of nitrogens with zero attached hydrogens (tertiary/aromatic N) is 4. The van der Waals surface area contributed by atoms with Gasteiger partial charge < -0.3 is 14.1 Å². The Morgan fingerprint density at radius 1 is 1.24 bits per heavy atom. The summed E-state index contributed by atoms with van der Waals surface area (Å²) in [5.41, 5.74) is 1.54. The van der Waals surface area contributed by atoms with Gasteiger partial charge in [0.1, 0.15) is 5.69 Å². The lowest BCUT2D eigenvalue weighted by atomic mass is 10.2. The molecule has 0 radical (unpaired) electrons. The van der Waals surface area contributed by atoms with E-state index in [0.717, 1.165) is 18.6 Å². The minimum Gasteiger partial charge on any atom is -0.414 e. The van der Waals surface area contributed by atoms with E-state index in [0.29, 0.717) is 41.8 Å². The molecule has 9 heteroatoms. The van der Waals surface area contributed by atoms with Crippen molar-refractivity contribution in [3.8, 4) is 0 Å². The number of H-pyrrole nitrogens is 1. The maximum Gasteiger partial charge on any atom is 0.288 e. The monoisotopic (exact) mass is 359 g/mol. The smallest absolute Gasteiger partial charge is 0.288 e. The third-order valence-electron chi connectivity index (χ3n) is 4.07. The molecule has 0 spiro atoms. The molecule has 4 rings (SSSR count). The van der Waals surface area contributed by atoms with Crippen LogP contribution in [0.15, 0.2) is 33.5 Å². The topological polar surface area (TPSA) is 89.2 Å². The van der Waals surface area contributed by atoms with Crippen molar-refractivity contribution in [3.63, 3.8) is 0 Å². The predicted octanol–water partition coefficient (Wildman–Crippen LogP) is 1.32. The molecule has 0 bridgehead atoms. The molecule has 1 N–H and O–H groups in total. The Balaban J connectivity index is 1.57. The average molecular weight is 359 g/mol. The van der Waals surface area contributed by atoms with Crippen LogP contribution in [0.5, 0.6) is 0 Å². The maximum absolute atomic E-state index is 12.2. The first-order valence-electron chi connectivity index (χ1n) is 8.04. The Kier molecular flexibility index (Phi) is 4.43. The van der Waals surface area contributed by atoms with E-state index < -0.39 is 0 Å². The number of benzene rings is 1. The van der Waals surface area contributed by atoms with Crippen LogP contribution in [-0.2, 0) is 17.8 Å². The van der Waals surface area contributed by atoms with Gasteiger partial charge in [0.2, 0.25) is 5.89 Å². The van der Waals surface area contributed by atoms with E-state index in [4.69, 9.17) is 21.4 Å². The SMILES string of the molecule is O=c1[nH]c2ccccc2nc1Cc1nn(CN2CCOCC2)c(=S)o1. The Hall–Kier alpha value is -2.36. The van der Waals surface area contributed by atoms with Gasteiger partial charge in [-0.1, -0.05) is 12.1 Å². The number of hydrogen-bond donors (Lipinski definition) is 1. The molecule has 25 heavy (non-hydrogen) atoms. The van der Waals surface area contributed by atoms with E-state index in [9.17, 15) is 4.79 Å². The molecule has 0 atom stereocenters. The Bertz CT molecular complexity index is 1000. The summed E-state index contributed by atoms with van der Waals surface area (Å²) < 4.78 is 12.5. The number of para-hydroxylation sites is 2. The number of ether oxygens (including phenoxy) is 1. The van der Waals surface area contributed by atoms with E-state index in [-0.39, 0.29) is 12.0 Å². The average Bonchev–Trinajstić information content (AvgIpc) is 2.96. The maximum atomic E-state index is 12.2. The van der Waals surface area contributed by atoms with Gasteiger partial charge in [-0.25, -0.2) is 9.67 Å². The molecule has 8 nitrogen and oxygen atoms in total. The fourth-order valence-corrected chi connectivity index (χ4v) is 2.97. The van der Waals surface area contributed by atoms with Crippen LogP contribution in [0.4, 0.5) is 0 Å². The third kappa shape index (κ3) is 3.53. The van der Waals surface area contributed by atoms with Gasteiger partial charge in [0, 0.05) is 13.1 Å². The highest BCUT2D eigenvalue weighted by Gasteiger charge is 2.15. The van der Waals surface area contributed by atoms with Crippen LogP contribution in [0, 0.1) is 4.84 Å². The summed E-state index contributed by atoms with van der Waals surface area (Å²) in [6.07, 6.45) is 0.194. The summed E-state index contributed by atoms with van der Waals surface area (Å²) in [7, 11) is 0. The highest BCUT2D eigenvalue weighted by atomic mass is 32.1. The fraction of sp³-hybridized carbons (Fsp3) is 0.375. The van der Waals surface area contributed by atoms with Gasteiger partial charge in [-0.05, 0) is 24.4 Å². The molecule has 130 valence electrons. The van der Waals surface area contributed by atoms with E-state index in [1.54, 1.807) is 4.68 Å². The van der Waals surface area contributed by atoms with Gasteiger partial charge in [0.15, 0.2) is 0 Å². The quantitative estimate of drug-likeness (QED) is 0.703. The van der Waals surface area contributed by atoms with Gasteiger partial charge in [-0.3, -0.25) is 9.69 Å². The number of nitrogens with one attached hydrogen (secondary N) is 1. The molecular formula is C16H17N5O3S. The molecule has 0 unspecified atom stereocenters. The molecule has 0 aliphatic carbocycles. The largest absolute Gasteiger partial charge is 0.414 e. The number of aromatic nitrogens is 4. The van der Waals surface area contributed by atoms with Crippen molar-refractivity contribution in [2.45, 2.75) is 13.1 Å². The first-order valence-corrected chi connectivity index (χ1v) is 8.45. The Morgan fingerprint density at radius 3 is 2.88 bits per heavy atom. The van der Waals surface area contributed by atoms with Crippen LogP contribution in [0.2, 0.25) is 0 Å². The summed E-state index contributed by atoms with van der Waals surface area (Å²) in [6, 6.07) is 7.39. The molecule has 1 fully saturated rings. The molecule has 1 saturated heterocycles. The molecule has 0 amide bonds. The Labute approximate surface area is 148 Å². The summed E-state index contributed by atoms with van der Waals surface area (Å²) >= 11 is 5.24. The van der Waals surface area contributed by atoms with Crippen LogP contribution < -0.4 is 5.56 Å². The second-order valence-corrected chi connectivity index (χ2v) is 6.19. The highest BCUT2D eigenvalue weighted by Crippen LogP contribution is 2.10. The molecule has 1 aliphatic heterocycles. The summed E-state index contributed by atoms with van der Waals surface area (Å²) in [5.74, 6) is 0.381. The Morgan fingerprint density at radius 2 is 2.04 bits per heavy atom. The van der Waals surface area contributed by atoms with E-state index in [1.165, 1.54) is 0 Å². The van der Waals surface area contributed by atoms with E-state index in [2.05, 4.69) is 20.0 Å². The van der Waals surface area contributed by atoms with Crippen molar-refractivity contribution in [2.24, 2.45) is 0 Å². The number of hydrogen-bond acceptors (Lipinski definition) is 7. The third-order valence-corrected chi connectivity index (χ3v) is 4.37. The van der Waals surface area contributed by atoms with Crippen LogP contribution in [0.1, 0.15) is 11.6 Å². The van der Waals surface area contributed by atoms with Crippen molar-refractivity contribution in [1.29, 1.82) is 0 Å². The van der Waals surface area contributed by atoms with Crippen molar-refractivity contribution in [3.05, 3.63) is 51.0 Å². The molecule has 3 aromatic rings. The number of rotatable bonds is 4. The standard InChI is InChI=1S/C16H17N5O3S/c22-15-13(17-11-3-1-2-4-12(11)18-15)9-14-19-21(16(25)24-14)10-20-5-7-23-8-6-20/h1-4H,5-10H2,(H,18,22). The van der Waals surface area contributed by atoms with Crippen molar-refractivity contribution < 1.29 is 9.15 Å². The van der Waals surface area contributed by atoms with Crippen molar-refractivity contribution in [1.82, 2.24) is 24.6 Å². The van der Waals surface area contributed by atoms with Gasteiger partial charge in [-0.2, -0.15) is 0 Å². The molecular weight excluding hydrogens is 342 g/mol. The summed E-state index contributed by atoms with van der Waals surface area (Å²) in [4.78, 5) is 21.9. The van der Waals surface area contributed by atoms with E-state index >= 15 is 0 Å². The van der Waals surface area contributed by atoms with Crippen LogP contribution in [0.25, 0.3) is 11.0 Å². The zero-order valence-corrected chi connectivity index (χ0v) is 14.3. The lowest BCUT2D eigenvalue weighted by Gasteiger charge is -2.25. The molecule has 3 heterocycles. The van der Waals surface area contributed by atoms with Gasteiger partial charge in [0.05, 0.1) is 37.3 Å². The zero-order valence-electron chi connectivity index (χ0n) is 13.5. The summed E-state index contributed by atoms with van der Waals surface area (Å²) in [5, 5.41) is 4.39. The number of aromatic amines is 1. The van der Waals surface area contributed by atoms with Crippen molar-refractivity contribution >= 4 is 23.3 Å². The first kappa shape index (κ1) is 16.1. The van der Waals surface area contributed by atoms with Crippen LogP contribution in [-0.4, -0.2) is 51.0 Å². The fourth-order valence-electron chi connectivity index (χ4n) is 2.77. The lowest BCUT2D eigenvalue weighted by molar-refractivity contribution is 0.0206. The second kappa shape index (κ2) is 6.87. The highest BCUT2D eigenvalue weighted by molar-refractivity contribution is 7.71. The second-order valence-electron chi connectivity index (χ2n) is 5.84. The predicted molar refractivity (Wildman–Crippen MR) is 92.9 cm³/mol. The van der Waals surface area contributed by atoms with Crippen LogP contribution in [0.3, 0.4) is 0 Å². The normalized spacial score (nSPS) is 15.7. The first-order chi connectivity index (χ1) is 12.2. The molecule has 1 aliphatic rings. The minimum atomic E-state index is -0.248. The van der Waals surface area contributed by atoms with Gasteiger partial charge in [-0.15, -0.1) is 5.10 Å². The number of fused-ring (bicyclic) bond motifs is 1. The minimum absolute atomic E-state index is 0.194. The lowest BCUT2D eigenvalue weighted by Crippen LogP contribution is -2.37. The van der Waals surface area contributed by atoms with Gasteiger partial charge in [0.25, 0.3) is 10.4 Å². The zero-order chi connectivity index (χ0) is 17.2. The number of morpholine rings is 1. The molecule has 2 aromatic heterocycles. The van der Waals surface area contributed by atoms with Gasteiger partial charge >= 0.3 is 0 Å². The molecule has 0 saturated carbocycles. The summed E-state index contributed by atoms with van der Waals surface area (Å²) in [6.45, 7) is 3.61. The molecule has 1 aromatic carbocycles.